The highest BCUT2D eigenvalue weighted by molar-refractivity contribution is 7.18. The second-order valence-corrected chi connectivity index (χ2v) is 7.49. The highest BCUT2D eigenvalue weighted by Crippen LogP contribution is 2.34. The molecule has 0 fully saturated rings. The van der Waals surface area contributed by atoms with Gasteiger partial charge in [0.25, 0.3) is 11.6 Å². The summed E-state index contributed by atoms with van der Waals surface area (Å²) in [6.45, 7) is 4.28. The molecule has 0 aliphatic heterocycles. The number of para-hydroxylation sites is 1. The number of hydrogen-bond donors (Lipinski definition) is 1. The number of nitrogens with one attached hydrogen (secondary N) is 1. The summed E-state index contributed by atoms with van der Waals surface area (Å²) >= 11 is 0.836. The van der Waals surface area contributed by atoms with Gasteiger partial charge in [0.1, 0.15) is 9.88 Å². The third-order valence-electron chi connectivity index (χ3n) is 4.23. The normalized spacial score (nSPS) is 10.3. The standard InChI is InChI=1S/C21H22N2O9S/c1-4-30-20(26)17-12(3)18(21(27)31-5-2)33-19(17)22-15(24)11-32-16(25)10-13-8-6-7-9-14(13)23(28)29/h6-9H,4-5,10-11H2,1-3H3,(H,22,24). The van der Waals surface area contributed by atoms with Crippen molar-refractivity contribution in [3.05, 3.63) is 55.9 Å². The number of amides is 1. The molecule has 12 heteroatoms. The number of carbonyl (C=O) groups excluding carboxylic acids is 4. The number of benzene rings is 1. The number of nitro groups is 1. The lowest BCUT2D eigenvalue weighted by atomic mass is 10.1. The van der Waals surface area contributed by atoms with Gasteiger partial charge in [-0.15, -0.1) is 11.3 Å². The third-order valence-corrected chi connectivity index (χ3v) is 5.41. The molecular formula is C21H22N2O9S. The minimum absolute atomic E-state index is 0.00416. The lowest BCUT2D eigenvalue weighted by molar-refractivity contribution is -0.385. The molecule has 0 spiro atoms. The van der Waals surface area contributed by atoms with Gasteiger partial charge in [-0.2, -0.15) is 0 Å². The Morgan fingerprint density at radius 1 is 1.03 bits per heavy atom. The topological polar surface area (TPSA) is 151 Å². The van der Waals surface area contributed by atoms with Crippen LogP contribution in [0.4, 0.5) is 10.7 Å². The first-order chi connectivity index (χ1) is 15.7. The number of nitrogens with zero attached hydrogens (tertiary/aromatic N) is 1. The Morgan fingerprint density at radius 3 is 2.30 bits per heavy atom. The van der Waals surface area contributed by atoms with Crippen LogP contribution >= 0.6 is 11.3 Å². The van der Waals surface area contributed by atoms with E-state index >= 15 is 0 Å². The molecule has 176 valence electrons. The van der Waals surface area contributed by atoms with Gasteiger partial charge in [0.2, 0.25) is 0 Å². The number of carbonyl (C=O) groups is 4. The lowest BCUT2D eigenvalue weighted by Crippen LogP contribution is -2.22. The maximum Gasteiger partial charge on any atom is 0.348 e. The van der Waals surface area contributed by atoms with E-state index in [9.17, 15) is 29.3 Å². The number of ether oxygens (including phenoxy) is 3. The average Bonchev–Trinajstić information content (AvgIpc) is 3.08. The van der Waals surface area contributed by atoms with Crippen LogP contribution in [0, 0.1) is 17.0 Å². The molecule has 0 atom stereocenters. The molecule has 1 heterocycles. The Morgan fingerprint density at radius 2 is 1.67 bits per heavy atom. The van der Waals surface area contributed by atoms with E-state index in [4.69, 9.17) is 14.2 Å². The number of nitro benzene ring substituents is 1. The fourth-order valence-electron chi connectivity index (χ4n) is 2.80. The molecule has 1 aromatic carbocycles. The van der Waals surface area contributed by atoms with E-state index in [0.29, 0.717) is 5.56 Å². The fraction of sp³-hybridized carbons (Fsp3) is 0.333. The average molecular weight is 478 g/mol. The Bertz CT molecular complexity index is 1080. The summed E-state index contributed by atoms with van der Waals surface area (Å²) in [6.07, 6.45) is -0.399. The summed E-state index contributed by atoms with van der Waals surface area (Å²) in [5.41, 5.74) is 0.203. The summed E-state index contributed by atoms with van der Waals surface area (Å²) in [5.74, 6) is -3.00. The first-order valence-electron chi connectivity index (χ1n) is 9.84. The molecule has 33 heavy (non-hydrogen) atoms. The molecule has 1 N–H and O–H groups in total. The quantitative estimate of drug-likeness (QED) is 0.235. The summed E-state index contributed by atoms with van der Waals surface area (Å²) in [5, 5.41) is 13.5. The molecule has 2 aromatic rings. The minimum atomic E-state index is -0.848. The van der Waals surface area contributed by atoms with Crippen LogP contribution in [-0.2, 0) is 30.2 Å². The summed E-state index contributed by atoms with van der Waals surface area (Å²) in [7, 11) is 0. The molecule has 0 saturated heterocycles. The highest BCUT2D eigenvalue weighted by Gasteiger charge is 2.27. The Labute approximate surface area is 192 Å². The largest absolute Gasteiger partial charge is 0.462 e. The number of rotatable bonds is 10. The first-order valence-corrected chi connectivity index (χ1v) is 10.7. The van der Waals surface area contributed by atoms with Crippen molar-refractivity contribution in [3.63, 3.8) is 0 Å². The van der Waals surface area contributed by atoms with Crippen LogP contribution in [0.3, 0.4) is 0 Å². The van der Waals surface area contributed by atoms with Crippen LogP contribution in [0.5, 0.6) is 0 Å². The van der Waals surface area contributed by atoms with Crippen molar-refractivity contribution in [1.82, 2.24) is 0 Å². The van der Waals surface area contributed by atoms with Crippen LogP contribution in [0.1, 0.15) is 45.0 Å². The number of thiophene rings is 1. The van der Waals surface area contributed by atoms with Crippen LogP contribution in [0.25, 0.3) is 0 Å². The van der Waals surface area contributed by atoms with Gasteiger partial charge in [-0.05, 0) is 26.3 Å². The molecular weight excluding hydrogens is 456 g/mol. The summed E-state index contributed by atoms with van der Waals surface area (Å²) < 4.78 is 14.9. The molecule has 2 rings (SSSR count). The first kappa shape index (κ1) is 25.5. The van der Waals surface area contributed by atoms with Crippen LogP contribution in [-0.4, -0.2) is 48.6 Å². The Kier molecular flexibility index (Phi) is 9.04. The number of esters is 3. The van der Waals surface area contributed by atoms with Gasteiger partial charge in [-0.25, -0.2) is 9.59 Å². The molecule has 0 saturated carbocycles. The van der Waals surface area contributed by atoms with Gasteiger partial charge < -0.3 is 19.5 Å². The zero-order chi connectivity index (χ0) is 24.5. The zero-order valence-corrected chi connectivity index (χ0v) is 19.0. The fourth-order valence-corrected chi connectivity index (χ4v) is 3.90. The molecule has 0 radical (unpaired) electrons. The molecule has 0 aliphatic rings. The van der Waals surface area contributed by atoms with Crippen molar-refractivity contribution >= 4 is 45.8 Å². The number of hydrogen-bond acceptors (Lipinski definition) is 10. The maximum atomic E-state index is 12.4. The smallest absolute Gasteiger partial charge is 0.348 e. The van der Waals surface area contributed by atoms with Crippen molar-refractivity contribution in [3.8, 4) is 0 Å². The molecule has 1 amide bonds. The second-order valence-electron chi connectivity index (χ2n) is 6.47. The molecule has 1 aromatic heterocycles. The molecule has 0 bridgehead atoms. The predicted octanol–water partition coefficient (Wildman–Crippen LogP) is 3.04. The van der Waals surface area contributed by atoms with E-state index in [0.717, 1.165) is 11.3 Å². The summed E-state index contributed by atoms with van der Waals surface area (Å²) in [4.78, 5) is 59.5. The van der Waals surface area contributed by atoms with Gasteiger partial charge in [-0.1, -0.05) is 18.2 Å². The van der Waals surface area contributed by atoms with Gasteiger partial charge in [0, 0.05) is 11.6 Å². The zero-order valence-electron chi connectivity index (χ0n) is 18.2. The minimum Gasteiger partial charge on any atom is -0.462 e. The maximum absolute atomic E-state index is 12.4. The van der Waals surface area contributed by atoms with Crippen LogP contribution in [0.15, 0.2) is 24.3 Å². The second kappa shape index (κ2) is 11.7. The van der Waals surface area contributed by atoms with E-state index in [1.165, 1.54) is 25.1 Å². The molecule has 0 unspecified atom stereocenters. The monoisotopic (exact) mass is 478 g/mol. The van der Waals surface area contributed by atoms with Crippen molar-refractivity contribution in [2.45, 2.75) is 27.2 Å². The molecule has 0 aliphatic carbocycles. The Hall–Kier alpha value is -3.80. The van der Waals surface area contributed by atoms with Gasteiger partial charge in [-0.3, -0.25) is 19.7 Å². The van der Waals surface area contributed by atoms with E-state index in [1.54, 1.807) is 19.9 Å². The highest BCUT2D eigenvalue weighted by atomic mass is 32.1. The third kappa shape index (κ3) is 6.59. The molecule has 11 nitrogen and oxygen atoms in total. The lowest BCUT2D eigenvalue weighted by Gasteiger charge is -2.08. The number of anilines is 1. The van der Waals surface area contributed by atoms with Crippen LogP contribution < -0.4 is 5.32 Å². The van der Waals surface area contributed by atoms with Crippen molar-refractivity contribution in [1.29, 1.82) is 0 Å². The van der Waals surface area contributed by atoms with E-state index < -0.39 is 41.8 Å². The van der Waals surface area contributed by atoms with Gasteiger partial charge in [0.15, 0.2) is 6.61 Å². The summed E-state index contributed by atoms with van der Waals surface area (Å²) in [6, 6.07) is 5.68. The van der Waals surface area contributed by atoms with Gasteiger partial charge >= 0.3 is 17.9 Å². The van der Waals surface area contributed by atoms with Crippen molar-refractivity contribution in [2.24, 2.45) is 0 Å². The van der Waals surface area contributed by atoms with Crippen molar-refractivity contribution in [2.75, 3.05) is 25.1 Å². The van der Waals surface area contributed by atoms with E-state index in [2.05, 4.69) is 5.32 Å². The SMILES string of the molecule is CCOC(=O)c1sc(NC(=O)COC(=O)Cc2ccccc2[N+](=O)[O-])c(C(=O)OCC)c1C. The van der Waals surface area contributed by atoms with Crippen LogP contribution in [0.2, 0.25) is 0 Å². The van der Waals surface area contributed by atoms with Crippen molar-refractivity contribution < 1.29 is 38.3 Å². The van der Waals surface area contributed by atoms with E-state index in [1.807, 2.05) is 0 Å². The van der Waals surface area contributed by atoms with E-state index in [-0.39, 0.29) is 39.9 Å². The van der Waals surface area contributed by atoms with Gasteiger partial charge in [0.05, 0.1) is 30.1 Å². The predicted molar refractivity (Wildman–Crippen MR) is 117 cm³/mol. The Balaban J connectivity index is 2.10.